The Morgan fingerprint density at radius 1 is 0.941 bits per heavy atom. The van der Waals surface area contributed by atoms with E-state index in [1.807, 2.05) is 71.6 Å². The zero-order valence-electron chi connectivity index (χ0n) is 19.0. The Labute approximate surface area is 208 Å². The Morgan fingerprint density at radius 3 is 2.44 bits per heavy atom. The van der Waals surface area contributed by atoms with Gasteiger partial charge in [0, 0.05) is 16.4 Å². The van der Waals surface area contributed by atoms with Gasteiger partial charge in [0.05, 0.1) is 25.1 Å². The summed E-state index contributed by atoms with van der Waals surface area (Å²) < 4.78 is 11.1. The predicted molar refractivity (Wildman–Crippen MR) is 137 cm³/mol. The summed E-state index contributed by atoms with van der Waals surface area (Å²) in [5, 5.41) is 0.680. The van der Waals surface area contributed by atoms with Crippen molar-refractivity contribution >= 4 is 28.8 Å². The zero-order chi connectivity index (χ0) is 23.7. The van der Waals surface area contributed by atoms with Crippen molar-refractivity contribution in [3.8, 4) is 21.9 Å². The van der Waals surface area contributed by atoms with Gasteiger partial charge in [0.25, 0.3) is 5.91 Å². The summed E-state index contributed by atoms with van der Waals surface area (Å²) in [4.78, 5) is 17.5. The summed E-state index contributed by atoms with van der Waals surface area (Å²) in [6, 6.07) is 25.6. The quantitative estimate of drug-likeness (QED) is 0.307. The van der Waals surface area contributed by atoms with Crippen LogP contribution in [0, 0.1) is 0 Å². The lowest BCUT2D eigenvalue weighted by molar-refractivity contribution is 0.0699. The van der Waals surface area contributed by atoms with Gasteiger partial charge in [-0.1, -0.05) is 54.1 Å². The predicted octanol–water partition coefficient (Wildman–Crippen LogP) is 6.87. The van der Waals surface area contributed by atoms with Crippen LogP contribution in [-0.2, 0) is 6.42 Å². The second-order valence-corrected chi connectivity index (χ2v) is 9.66. The topological polar surface area (TPSA) is 38.8 Å². The molecule has 4 nitrogen and oxygen atoms in total. The van der Waals surface area contributed by atoms with Crippen molar-refractivity contribution in [2.24, 2.45) is 0 Å². The van der Waals surface area contributed by atoms with E-state index < -0.39 is 0 Å². The van der Waals surface area contributed by atoms with Crippen LogP contribution in [0.1, 0.15) is 32.4 Å². The monoisotopic (exact) mass is 489 g/mol. The first-order valence-corrected chi connectivity index (χ1v) is 12.2. The molecule has 0 saturated heterocycles. The van der Waals surface area contributed by atoms with Crippen LogP contribution >= 0.6 is 22.9 Å². The number of ether oxygens (including phenoxy) is 2. The van der Waals surface area contributed by atoms with E-state index in [-0.39, 0.29) is 11.9 Å². The number of fused-ring (bicyclic) bond motifs is 1. The summed E-state index contributed by atoms with van der Waals surface area (Å²) in [5.74, 6) is 1.39. The molecule has 0 bridgehead atoms. The third kappa shape index (κ3) is 4.17. The number of carbonyl (C=O) groups is 1. The van der Waals surface area contributed by atoms with Crippen molar-refractivity contribution in [1.29, 1.82) is 0 Å². The van der Waals surface area contributed by atoms with Crippen molar-refractivity contribution < 1.29 is 14.3 Å². The van der Waals surface area contributed by atoms with Crippen molar-refractivity contribution in [2.45, 2.75) is 12.5 Å². The van der Waals surface area contributed by atoms with E-state index in [0.717, 1.165) is 28.0 Å². The van der Waals surface area contributed by atoms with Gasteiger partial charge in [-0.25, -0.2) is 0 Å². The van der Waals surface area contributed by atoms with Gasteiger partial charge in [-0.2, -0.15) is 0 Å². The molecule has 3 aromatic carbocycles. The molecule has 1 aliphatic heterocycles. The number of thiophene rings is 1. The Bertz CT molecular complexity index is 1330. The average molecular weight is 490 g/mol. The summed E-state index contributed by atoms with van der Waals surface area (Å²) in [7, 11) is 3.28. The lowest BCUT2D eigenvalue weighted by Gasteiger charge is -2.38. The number of halogens is 1. The number of rotatable bonds is 5. The summed E-state index contributed by atoms with van der Waals surface area (Å²) in [6.07, 6.45) is 0.747. The molecule has 1 amide bonds. The molecule has 34 heavy (non-hydrogen) atoms. The lowest BCUT2D eigenvalue weighted by atomic mass is 9.87. The average Bonchev–Trinajstić information content (AvgIpc) is 3.37. The molecule has 0 saturated carbocycles. The van der Waals surface area contributed by atoms with Crippen molar-refractivity contribution in [3.63, 3.8) is 0 Å². The van der Waals surface area contributed by atoms with Gasteiger partial charge in [0.1, 0.15) is 0 Å². The van der Waals surface area contributed by atoms with Gasteiger partial charge in [-0.05, 0) is 65.1 Å². The maximum Gasteiger partial charge on any atom is 0.264 e. The molecule has 0 radical (unpaired) electrons. The van der Waals surface area contributed by atoms with E-state index >= 15 is 0 Å². The highest BCUT2D eigenvalue weighted by Gasteiger charge is 2.34. The molecular weight excluding hydrogens is 466 g/mol. The van der Waals surface area contributed by atoms with Crippen LogP contribution in [0.15, 0.2) is 78.9 Å². The largest absolute Gasteiger partial charge is 0.493 e. The lowest BCUT2D eigenvalue weighted by Crippen LogP contribution is -2.40. The molecule has 1 aliphatic rings. The highest BCUT2D eigenvalue weighted by molar-refractivity contribution is 7.17. The fourth-order valence-electron chi connectivity index (χ4n) is 4.55. The van der Waals surface area contributed by atoms with Crippen LogP contribution in [0.5, 0.6) is 11.5 Å². The smallest absolute Gasteiger partial charge is 0.264 e. The number of benzene rings is 3. The highest BCUT2D eigenvalue weighted by Crippen LogP contribution is 2.42. The fourth-order valence-corrected chi connectivity index (χ4v) is 5.70. The number of methoxy groups -OCH3 is 2. The van der Waals surface area contributed by atoms with E-state index in [0.29, 0.717) is 27.9 Å². The van der Waals surface area contributed by atoms with Gasteiger partial charge in [-0.15, -0.1) is 11.3 Å². The Hall–Kier alpha value is -3.28. The van der Waals surface area contributed by atoms with Gasteiger partial charge < -0.3 is 14.4 Å². The molecule has 172 valence electrons. The molecule has 2 heterocycles. The molecular formula is C28H24ClNO3S. The third-order valence-corrected chi connectivity index (χ3v) is 7.53. The minimum Gasteiger partial charge on any atom is -0.493 e. The molecule has 0 N–H and O–H groups in total. The summed E-state index contributed by atoms with van der Waals surface area (Å²) >= 11 is 7.67. The Balaban J connectivity index is 1.55. The number of nitrogens with zero attached hydrogens (tertiary/aromatic N) is 1. The van der Waals surface area contributed by atoms with Crippen molar-refractivity contribution in [1.82, 2.24) is 4.90 Å². The molecule has 1 aromatic heterocycles. The standard InChI is InChI=1S/C28H24ClNO3S/c1-32-23-16-19-13-14-30(27(18-7-4-3-5-8-18)22(19)17-24(23)33-2)28(31)26-12-11-25(34-26)20-9-6-10-21(29)15-20/h3-12,15-17,27H,13-14H2,1-2H3/t27-/m0/s1. The first kappa shape index (κ1) is 22.5. The Kier molecular flexibility index (Phi) is 6.31. The van der Waals surface area contributed by atoms with Gasteiger partial charge >= 0.3 is 0 Å². The molecule has 1 atom stereocenters. The maximum absolute atomic E-state index is 13.8. The van der Waals surface area contributed by atoms with E-state index in [1.54, 1.807) is 14.2 Å². The van der Waals surface area contributed by atoms with E-state index in [9.17, 15) is 4.79 Å². The minimum absolute atomic E-state index is 0.0209. The van der Waals surface area contributed by atoms with Crippen molar-refractivity contribution in [3.05, 3.63) is 105 Å². The highest BCUT2D eigenvalue weighted by atomic mass is 35.5. The van der Waals surface area contributed by atoms with Crippen LogP contribution in [0.3, 0.4) is 0 Å². The minimum atomic E-state index is -0.214. The number of hydrogen-bond donors (Lipinski definition) is 0. The molecule has 6 heteroatoms. The van der Waals surface area contributed by atoms with Crippen LogP contribution in [0.2, 0.25) is 5.02 Å². The molecule has 0 aliphatic carbocycles. The number of amides is 1. The van der Waals surface area contributed by atoms with Crippen LogP contribution < -0.4 is 9.47 Å². The van der Waals surface area contributed by atoms with Crippen LogP contribution in [0.25, 0.3) is 10.4 Å². The SMILES string of the molecule is COc1cc2c(cc1OC)[C@H](c1ccccc1)N(C(=O)c1ccc(-c3cccc(Cl)c3)s1)CC2. The Morgan fingerprint density at radius 2 is 1.71 bits per heavy atom. The molecule has 5 rings (SSSR count). The first-order chi connectivity index (χ1) is 16.6. The molecule has 4 aromatic rings. The maximum atomic E-state index is 13.8. The first-order valence-electron chi connectivity index (χ1n) is 11.1. The second-order valence-electron chi connectivity index (χ2n) is 8.14. The van der Waals surface area contributed by atoms with Gasteiger partial charge in [-0.3, -0.25) is 4.79 Å². The molecule has 0 unspecified atom stereocenters. The molecule has 0 fully saturated rings. The van der Waals surface area contributed by atoms with Gasteiger partial charge in [0.2, 0.25) is 0 Å². The number of hydrogen-bond acceptors (Lipinski definition) is 4. The van der Waals surface area contributed by atoms with Gasteiger partial charge in [0.15, 0.2) is 11.5 Å². The normalized spacial score (nSPS) is 15.0. The summed E-state index contributed by atoms with van der Waals surface area (Å²) in [5.41, 5.74) is 4.31. The van der Waals surface area contributed by atoms with E-state index in [2.05, 4.69) is 12.1 Å². The van der Waals surface area contributed by atoms with E-state index in [4.69, 9.17) is 21.1 Å². The fraction of sp³-hybridized carbons (Fsp3) is 0.179. The van der Waals surface area contributed by atoms with Crippen LogP contribution in [-0.4, -0.2) is 31.6 Å². The van der Waals surface area contributed by atoms with Crippen molar-refractivity contribution in [2.75, 3.05) is 20.8 Å². The molecule has 0 spiro atoms. The summed E-state index contributed by atoms with van der Waals surface area (Å²) in [6.45, 7) is 0.616. The van der Waals surface area contributed by atoms with E-state index in [1.165, 1.54) is 16.9 Å². The third-order valence-electron chi connectivity index (χ3n) is 6.18. The second kappa shape index (κ2) is 9.53. The zero-order valence-corrected chi connectivity index (χ0v) is 20.5. The number of carbonyl (C=O) groups excluding carboxylic acids is 1. The van der Waals surface area contributed by atoms with Crippen LogP contribution in [0.4, 0.5) is 0 Å².